The molecular formula is C37H38N2O9. The maximum atomic E-state index is 14.0. The maximum Gasteiger partial charge on any atom is 0.338 e. The number of fused-ring (bicyclic) bond motifs is 1. The van der Waals surface area contributed by atoms with Gasteiger partial charge in [-0.2, -0.15) is 0 Å². The van der Waals surface area contributed by atoms with Gasteiger partial charge >= 0.3 is 23.9 Å². The van der Waals surface area contributed by atoms with Crippen molar-refractivity contribution in [1.82, 2.24) is 9.80 Å². The highest BCUT2D eigenvalue weighted by molar-refractivity contribution is 6.00. The lowest BCUT2D eigenvalue weighted by Crippen LogP contribution is -2.80. The number of imide groups is 1. The smallest absolute Gasteiger partial charge is 0.338 e. The summed E-state index contributed by atoms with van der Waals surface area (Å²) < 4.78 is 24.2. The van der Waals surface area contributed by atoms with Gasteiger partial charge in [-0.1, -0.05) is 82.3 Å². The van der Waals surface area contributed by atoms with Crippen molar-refractivity contribution in [3.8, 4) is 0 Å². The standard InChI is InChI=1S/C37H38N2O9/c1-36(2)26-29(37(36,3)4)39(35(44)38(5)30(26)40)31-28(48-34(43)24-19-13-8-14-20-24)27(47-33(42)23-17-11-7-12-18-23)25(46-31)21-45-32(41)22-15-9-6-10-16-22/h6-20,25-29,31H,21H2,1-5H3/t25-,26+,27-,28-,29+,31-/m1/s1. The summed E-state index contributed by atoms with van der Waals surface area (Å²) in [7, 11) is 1.40. The van der Waals surface area contributed by atoms with Crippen LogP contribution in [0.15, 0.2) is 91.0 Å². The van der Waals surface area contributed by atoms with Crippen LogP contribution in [0.3, 0.4) is 0 Å². The van der Waals surface area contributed by atoms with E-state index in [1.165, 1.54) is 11.9 Å². The fourth-order valence-corrected chi connectivity index (χ4v) is 6.99. The SMILES string of the molecule is CN1C(=O)[C@@H]2[C@H](N([C@@H]3O[C@H](COC(=O)c4ccccc4)[C@@H](OC(=O)c4ccccc4)[C@H]3OC(=O)c3ccccc3)C1=O)C(C)(C)C2(C)C. The number of carbonyl (C=O) groups is 5. The summed E-state index contributed by atoms with van der Waals surface area (Å²) in [5.41, 5.74) is -0.320. The lowest BCUT2D eigenvalue weighted by atomic mass is 9.42. The molecule has 1 saturated carbocycles. The Morgan fingerprint density at radius 2 is 1.15 bits per heavy atom. The minimum Gasteiger partial charge on any atom is -0.459 e. The molecule has 48 heavy (non-hydrogen) atoms. The molecule has 250 valence electrons. The summed E-state index contributed by atoms with van der Waals surface area (Å²) in [6.45, 7) is 7.51. The Hall–Kier alpha value is -5.03. The Labute approximate surface area is 278 Å². The van der Waals surface area contributed by atoms with E-state index in [4.69, 9.17) is 18.9 Å². The number of benzene rings is 3. The highest BCUT2D eigenvalue weighted by Gasteiger charge is 2.72. The van der Waals surface area contributed by atoms with Crippen molar-refractivity contribution in [3.63, 3.8) is 0 Å². The molecule has 6 atom stereocenters. The second-order valence-corrected chi connectivity index (χ2v) is 13.5. The summed E-state index contributed by atoms with van der Waals surface area (Å²) in [6.07, 6.45) is -5.15. The van der Waals surface area contributed by atoms with E-state index in [-0.39, 0.29) is 17.0 Å². The quantitative estimate of drug-likeness (QED) is 0.244. The van der Waals surface area contributed by atoms with E-state index in [2.05, 4.69) is 0 Å². The third-order valence-electron chi connectivity index (χ3n) is 10.4. The molecule has 0 radical (unpaired) electrons. The number of esters is 3. The largest absolute Gasteiger partial charge is 0.459 e. The normalized spacial score (nSPS) is 27.0. The van der Waals surface area contributed by atoms with Crippen molar-refractivity contribution in [2.75, 3.05) is 13.7 Å². The molecule has 2 saturated heterocycles. The molecule has 3 amide bonds. The van der Waals surface area contributed by atoms with E-state index < -0.39 is 77.9 Å². The Morgan fingerprint density at radius 1 is 0.688 bits per heavy atom. The number of hydrogen-bond acceptors (Lipinski definition) is 9. The predicted octanol–water partition coefficient (Wildman–Crippen LogP) is 4.96. The van der Waals surface area contributed by atoms with Gasteiger partial charge in [0.05, 0.1) is 28.7 Å². The molecule has 0 N–H and O–H groups in total. The molecule has 3 aromatic rings. The van der Waals surface area contributed by atoms with Gasteiger partial charge in [0.2, 0.25) is 5.91 Å². The number of hydrogen-bond donors (Lipinski definition) is 0. The van der Waals surface area contributed by atoms with Crippen LogP contribution in [0, 0.1) is 16.7 Å². The van der Waals surface area contributed by atoms with E-state index in [9.17, 15) is 24.0 Å². The van der Waals surface area contributed by atoms with Crippen molar-refractivity contribution in [1.29, 1.82) is 0 Å². The zero-order chi connectivity index (χ0) is 34.4. The van der Waals surface area contributed by atoms with Gasteiger partial charge in [0.25, 0.3) is 0 Å². The van der Waals surface area contributed by atoms with Gasteiger partial charge in [-0.25, -0.2) is 19.2 Å². The molecule has 2 heterocycles. The molecule has 0 spiro atoms. The monoisotopic (exact) mass is 654 g/mol. The van der Waals surface area contributed by atoms with Crippen molar-refractivity contribution in [2.45, 2.75) is 58.3 Å². The number of amides is 3. The van der Waals surface area contributed by atoms with E-state index in [1.807, 2.05) is 27.7 Å². The summed E-state index contributed by atoms with van der Waals surface area (Å²) in [4.78, 5) is 70.1. The van der Waals surface area contributed by atoms with Crippen LogP contribution in [0.4, 0.5) is 4.79 Å². The first-order valence-electron chi connectivity index (χ1n) is 15.8. The first-order valence-corrected chi connectivity index (χ1v) is 15.8. The number of nitrogens with zero attached hydrogens (tertiary/aromatic N) is 2. The third-order valence-corrected chi connectivity index (χ3v) is 10.4. The first-order chi connectivity index (χ1) is 22.8. The van der Waals surface area contributed by atoms with Gasteiger partial charge in [0, 0.05) is 7.05 Å². The first kappa shape index (κ1) is 32.9. The van der Waals surface area contributed by atoms with Crippen LogP contribution in [-0.4, -0.2) is 83.9 Å². The Kier molecular flexibility index (Phi) is 8.59. The number of ether oxygens (including phenoxy) is 4. The molecule has 1 aliphatic carbocycles. The van der Waals surface area contributed by atoms with Crippen molar-refractivity contribution in [2.24, 2.45) is 16.7 Å². The number of urea groups is 1. The molecule has 6 rings (SSSR count). The van der Waals surface area contributed by atoms with Gasteiger partial charge in [-0.15, -0.1) is 0 Å². The fraction of sp³-hybridized carbons (Fsp3) is 0.378. The zero-order valence-corrected chi connectivity index (χ0v) is 27.4. The molecular weight excluding hydrogens is 616 g/mol. The van der Waals surface area contributed by atoms with Crippen LogP contribution in [0.1, 0.15) is 58.8 Å². The fourth-order valence-electron chi connectivity index (χ4n) is 6.99. The van der Waals surface area contributed by atoms with Gasteiger partial charge in [-0.3, -0.25) is 14.6 Å². The van der Waals surface area contributed by atoms with E-state index >= 15 is 0 Å². The topological polar surface area (TPSA) is 129 Å². The molecule has 3 aromatic carbocycles. The van der Waals surface area contributed by atoms with Gasteiger partial charge in [0.1, 0.15) is 12.7 Å². The Morgan fingerprint density at radius 3 is 1.65 bits per heavy atom. The third kappa shape index (κ3) is 5.51. The van der Waals surface area contributed by atoms with Crippen LogP contribution in [0.25, 0.3) is 0 Å². The van der Waals surface area contributed by atoms with Crippen LogP contribution in [-0.2, 0) is 23.7 Å². The summed E-state index contributed by atoms with van der Waals surface area (Å²) in [5.74, 6) is -3.01. The molecule has 3 aliphatic rings. The van der Waals surface area contributed by atoms with Crippen LogP contribution in [0.2, 0.25) is 0 Å². The van der Waals surface area contributed by atoms with Gasteiger partial charge in [0.15, 0.2) is 18.4 Å². The Balaban J connectivity index is 1.40. The highest BCUT2D eigenvalue weighted by atomic mass is 16.7. The number of rotatable bonds is 8. The van der Waals surface area contributed by atoms with Crippen LogP contribution in [0.5, 0.6) is 0 Å². The second-order valence-electron chi connectivity index (χ2n) is 13.5. The lowest BCUT2D eigenvalue weighted by Gasteiger charge is -2.69. The van der Waals surface area contributed by atoms with Gasteiger partial charge in [-0.05, 0) is 47.2 Å². The molecule has 0 aromatic heterocycles. The van der Waals surface area contributed by atoms with Crippen molar-refractivity contribution >= 4 is 29.8 Å². The van der Waals surface area contributed by atoms with Crippen LogP contribution < -0.4 is 0 Å². The second kappa shape index (κ2) is 12.5. The molecule has 2 aliphatic heterocycles. The lowest BCUT2D eigenvalue weighted by molar-refractivity contribution is -0.229. The zero-order valence-electron chi connectivity index (χ0n) is 27.4. The predicted molar refractivity (Wildman–Crippen MR) is 172 cm³/mol. The minimum absolute atomic E-state index is 0.226. The molecule has 3 fully saturated rings. The highest BCUT2D eigenvalue weighted by Crippen LogP contribution is 2.64. The number of carbonyl (C=O) groups excluding carboxylic acids is 5. The average molecular weight is 655 g/mol. The Bertz CT molecular complexity index is 1710. The molecule has 0 bridgehead atoms. The molecule has 11 nitrogen and oxygen atoms in total. The molecule has 0 unspecified atom stereocenters. The summed E-state index contributed by atoms with van der Waals surface area (Å²) in [5, 5.41) is 0. The average Bonchev–Trinajstić information content (AvgIpc) is 3.42. The van der Waals surface area contributed by atoms with Crippen LogP contribution >= 0.6 is 0 Å². The van der Waals surface area contributed by atoms with Gasteiger partial charge < -0.3 is 18.9 Å². The van der Waals surface area contributed by atoms with E-state index in [0.29, 0.717) is 5.56 Å². The van der Waals surface area contributed by atoms with Crippen molar-refractivity contribution < 1.29 is 42.9 Å². The van der Waals surface area contributed by atoms with E-state index in [1.54, 1.807) is 91.0 Å². The summed E-state index contributed by atoms with van der Waals surface area (Å²) in [6, 6.07) is 23.6. The minimum atomic E-state index is -1.36. The summed E-state index contributed by atoms with van der Waals surface area (Å²) >= 11 is 0. The van der Waals surface area contributed by atoms with Crippen molar-refractivity contribution in [3.05, 3.63) is 108 Å². The van der Waals surface area contributed by atoms with E-state index in [0.717, 1.165) is 4.90 Å². The molecule has 11 heteroatoms. The maximum absolute atomic E-state index is 14.0.